The van der Waals surface area contributed by atoms with E-state index >= 15 is 0 Å². The molecule has 0 N–H and O–H groups in total. The van der Waals surface area contributed by atoms with Gasteiger partial charge in [0.1, 0.15) is 0 Å². The minimum atomic E-state index is 0.215. The summed E-state index contributed by atoms with van der Waals surface area (Å²) < 4.78 is 0. The number of carbonyl (C=O) groups is 1. The molecule has 0 atom stereocenters. The summed E-state index contributed by atoms with van der Waals surface area (Å²) >= 11 is 6.48. The molecule has 2 nitrogen and oxygen atoms in total. The summed E-state index contributed by atoms with van der Waals surface area (Å²) in [4.78, 5) is 15.6. The number of halogens is 1. The number of carbonyl (C=O) groups excluding carboxylic acids is 1. The van der Waals surface area contributed by atoms with E-state index in [1.54, 1.807) is 0 Å². The van der Waals surface area contributed by atoms with Gasteiger partial charge >= 0.3 is 0 Å². The van der Waals surface area contributed by atoms with E-state index in [1.807, 2.05) is 36.4 Å². The first-order valence-corrected chi connectivity index (χ1v) is 12.4. The fourth-order valence-corrected chi connectivity index (χ4v) is 4.60. The van der Waals surface area contributed by atoms with Gasteiger partial charge < -0.3 is 0 Å². The summed E-state index contributed by atoms with van der Waals surface area (Å²) in [6.07, 6.45) is 9.88. The Morgan fingerprint density at radius 3 is 2.06 bits per heavy atom. The van der Waals surface area contributed by atoms with Crippen LogP contribution in [0, 0.1) is 0 Å². The molecule has 0 saturated carbocycles. The predicted molar refractivity (Wildman–Crippen MR) is 136 cm³/mol. The number of hydrogen-bond acceptors (Lipinski definition) is 2. The molecule has 0 aliphatic carbocycles. The van der Waals surface area contributed by atoms with E-state index in [0.717, 1.165) is 45.2 Å². The second kappa shape index (κ2) is 12.2. The molecule has 0 aromatic heterocycles. The van der Waals surface area contributed by atoms with Crippen molar-refractivity contribution < 1.29 is 4.79 Å². The zero-order valence-corrected chi connectivity index (χ0v) is 19.9. The van der Waals surface area contributed by atoms with E-state index in [-0.39, 0.29) is 5.78 Å². The van der Waals surface area contributed by atoms with Crippen LogP contribution >= 0.6 is 11.6 Å². The highest BCUT2D eigenvalue weighted by molar-refractivity contribution is 6.37. The summed E-state index contributed by atoms with van der Waals surface area (Å²) in [6.45, 7) is 7.02. The summed E-state index contributed by atoms with van der Waals surface area (Å²) in [7, 11) is 0. The minimum absolute atomic E-state index is 0.215. The molecule has 0 heterocycles. The monoisotopic (exact) mass is 437 g/mol. The Morgan fingerprint density at radius 1 is 0.774 bits per heavy atom. The minimum Gasteiger partial charge on any atom is -0.296 e. The third-order valence-electron chi connectivity index (χ3n) is 6.16. The topological polar surface area (TPSA) is 20.3 Å². The number of ketones is 1. The largest absolute Gasteiger partial charge is 0.296 e. The maximum atomic E-state index is 13.2. The van der Waals surface area contributed by atoms with Crippen molar-refractivity contribution in [2.24, 2.45) is 0 Å². The van der Waals surface area contributed by atoms with Gasteiger partial charge in [-0.05, 0) is 54.2 Å². The SMILES string of the molecule is CCCCCCN(CCCCCC)CC(=O)c1ccc2cc(Cl)c3ccccc3c2c1. The molecule has 0 bridgehead atoms. The third kappa shape index (κ3) is 6.54. The number of benzene rings is 3. The van der Waals surface area contributed by atoms with Crippen LogP contribution in [0.2, 0.25) is 5.02 Å². The van der Waals surface area contributed by atoms with E-state index in [0.29, 0.717) is 6.54 Å². The van der Waals surface area contributed by atoms with Gasteiger partial charge in [-0.3, -0.25) is 9.69 Å². The first-order valence-electron chi connectivity index (χ1n) is 12.0. The highest BCUT2D eigenvalue weighted by Crippen LogP contribution is 2.32. The predicted octanol–water partition coefficient (Wildman–Crippen LogP) is 8.29. The van der Waals surface area contributed by atoms with Gasteiger partial charge in [-0.15, -0.1) is 0 Å². The van der Waals surface area contributed by atoms with Crippen molar-refractivity contribution in [1.82, 2.24) is 4.90 Å². The summed E-state index contributed by atoms with van der Waals surface area (Å²) in [6, 6.07) is 16.2. The Labute approximate surface area is 192 Å². The fourth-order valence-electron chi connectivity index (χ4n) is 4.32. The van der Waals surface area contributed by atoms with Crippen LogP contribution in [0.25, 0.3) is 21.5 Å². The maximum absolute atomic E-state index is 13.2. The van der Waals surface area contributed by atoms with Crippen LogP contribution in [0.5, 0.6) is 0 Å². The molecule has 3 aromatic rings. The van der Waals surface area contributed by atoms with E-state index in [1.165, 1.54) is 51.4 Å². The first-order chi connectivity index (χ1) is 15.1. The lowest BCUT2D eigenvalue weighted by atomic mass is 9.98. The quantitative estimate of drug-likeness (QED) is 0.152. The molecule has 3 heteroatoms. The molecule has 0 aliphatic rings. The number of unbranched alkanes of at least 4 members (excludes halogenated alkanes) is 6. The second-order valence-corrected chi connectivity index (χ2v) is 9.07. The van der Waals surface area contributed by atoms with Crippen molar-refractivity contribution in [3.63, 3.8) is 0 Å². The molecule has 0 fully saturated rings. The Bertz CT molecular complexity index is 985. The fraction of sp³-hybridized carbons (Fsp3) is 0.464. The molecule has 0 radical (unpaired) electrons. The van der Waals surface area contributed by atoms with Crippen molar-refractivity contribution in [2.45, 2.75) is 65.2 Å². The van der Waals surface area contributed by atoms with Gasteiger partial charge in [0.05, 0.1) is 6.54 Å². The van der Waals surface area contributed by atoms with Crippen LogP contribution < -0.4 is 0 Å². The molecule has 0 unspecified atom stereocenters. The highest BCUT2D eigenvalue weighted by Gasteiger charge is 2.14. The van der Waals surface area contributed by atoms with Crippen molar-refractivity contribution in [1.29, 1.82) is 0 Å². The van der Waals surface area contributed by atoms with Crippen LogP contribution in [-0.2, 0) is 0 Å². The third-order valence-corrected chi connectivity index (χ3v) is 6.47. The molecular weight excluding hydrogens is 402 g/mol. The molecule has 31 heavy (non-hydrogen) atoms. The Hall–Kier alpha value is -1.90. The van der Waals surface area contributed by atoms with Gasteiger partial charge in [0.15, 0.2) is 5.78 Å². The molecule has 3 rings (SSSR count). The lowest BCUT2D eigenvalue weighted by Gasteiger charge is -2.22. The van der Waals surface area contributed by atoms with Gasteiger partial charge in [0, 0.05) is 16.0 Å². The van der Waals surface area contributed by atoms with Crippen LogP contribution in [0.4, 0.5) is 0 Å². The van der Waals surface area contributed by atoms with E-state index in [4.69, 9.17) is 11.6 Å². The number of hydrogen-bond donors (Lipinski definition) is 0. The number of Topliss-reactive ketones (excluding diaryl/α,β-unsaturated/α-hetero) is 1. The molecule has 3 aromatic carbocycles. The summed E-state index contributed by atoms with van der Waals surface area (Å²) in [5.74, 6) is 0.215. The molecular formula is C28H36ClNO. The highest BCUT2D eigenvalue weighted by atomic mass is 35.5. The normalized spacial score (nSPS) is 11.6. The standard InChI is InChI=1S/C28H36ClNO/c1-3-5-7-11-17-30(18-12-8-6-4-2)21-28(31)23-16-15-22-20-27(29)25-14-10-9-13-24(25)26(22)19-23/h9-10,13-16,19-20H,3-8,11-12,17-18,21H2,1-2H3. The smallest absolute Gasteiger partial charge is 0.176 e. The number of nitrogens with zero attached hydrogens (tertiary/aromatic N) is 1. The molecule has 0 saturated heterocycles. The van der Waals surface area contributed by atoms with Gasteiger partial charge in [-0.25, -0.2) is 0 Å². The van der Waals surface area contributed by atoms with E-state index in [2.05, 4.69) is 30.9 Å². The van der Waals surface area contributed by atoms with Crippen molar-refractivity contribution >= 4 is 38.9 Å². The van der Waals surface area contributed by atoms with Crippen molar-refractivity contribution in [2.75, 3.05) is 19.6 Å². The Balaban J connectivity index is 1.76. The van der Waals surface area contributed by atoms with Crippen LogP contribution in [-0.4, -0.2) is 30.3 Å². The Morgan fingerprint density at radius 2 is 1.42 bits per heavy atom. The molecule has 0 amide bonds. The molecule has 166 valence electrons. The van der Waals surface area contributed by atoms with Gasteiger partial charge in [-0.1, -0.05) is 100 Å². The Kier molecular flexibility index (Phi) is 9.36. The first kappa shape index (κ1) is 23.8. The number of rotatable bonds is 13. The number of fused-ring (bicyclic) bond motifs is 3. The molecule has 0 aliphatic heterocycles. The lowest BCUT2D eigenvalue weighted by Crippen LogP contribution is -2.32. The summed E-state index contributed by atoms with van der Waals surface area (Å²) in [5, 5.41) is 5.08. The van der Waals surface area contributed by atoms with Crippen molar-refractivity contribution in [3.8, 4) is 0 Å². The van der Waals surface area contributed by atoms with Crippen LogP contribution in [0.3, 0.4) is 0 Å². The zero-order valence-electron chi connectivity index (χ0n) is 19.1. The summed E-state index contributed by atoms with van der Waals surface area (Å²) in [5.41, 5.74) is 0.798. The van der Waals surface area contributed by atoms with Crippen molar-refractivity contribution in [3.05, 3.63) is 59.1 Å². The zero-order chi connectivity index (χ0) is 22.1. The van der Waals surface area contributed by atoms with Gasteiger partial charge in [0.25, 0.3) is 0 Å². The van der Waals surface area contributed by atoms with Crippen LogP contribution in [0.15, 0.2) is 48.5 Å². The van der Waals surface area contributed by atoms with Gasteiger partial charge in [0.2, 0.25) is 0 Å². The van der Waals surface area contributed by atoms with Crippen LogP contribution in [0.1, 0.15) is 75.6 Å². The van der Waals surface area contributed by atoms with Gasteiger partial charge in [-0.2, -0.15) is 0 Å². The molecule has 0 spiro atoms. The van der Waals surface area contributed by atoms with E-state index < -0.39 is 0 Å². The second-order valence-electron chi connectivity index (χ2n) is 8.66. The maximum Gasteiger partial charge on any atom is 0.176 e. The lowest BCUT2D eigenvalue weighted by molar-refractivity contribution is 0.0927. The van der Waals surface area contributed by atoms with E-state index in [9.17, 15) is 4.79 Å². The average Bonchev–Trinajstić information content (AvgIpc) is 2.79. The average molecular weight is 438 g/mol.